The maximum Gasteiger partial charge on any atom is 0.0896 e. The van der Waals surface area contributed by atoms with Gasteiger partial charge in [-0.3, -0.25) is 4.90 Å². The lowest BCUT2D eigenvalue weighted by atomic mass is 9.84. The Morgan fingerprint density at radius 3 is 2.21 bits per heavy atom. The first-order valence-corrected chi connectivity index (χ1v) is 7.28. The van der Waals surface area contributed by atoms with Crippen molar-refractivity contribution in [3.05, 3.63) is 0 Å². The van der Waals surface area contributed by atoms with Gasteiger partial charge in [-0.15, -0.1) is 0 Å². The highest BCUT2D eigenvalue weighted by atomic mass is 16.5. The minimum atomic E-state index is -0.462. The molecule has 2 heterocycles. The highest BCUT2D eigenvalue weighted by Crippen LogP contribution is 2.42. The van der Waals surface area contributed by atoms with Crippen LogP contribution in [-0.2, 0) is 9.47 Å². The Morgan fingerprint density at radius 2 is 1.74 bits per heavy atom. The van der Waals surface area contributed by atoms with Crippen molar-refractivity contribution in [2.24, 2.45) is 5.92 Å². The number of hydrogen-bond donors (Lipinski definition) is 1. The molecule has 2 saturated heterocycles. The van der Waals surface area contributed by atoms with E-state index in [2.05, 4.69) is 32.6 Å². The zero-order valence-electron chi connectivity index (χ0n) is 13.2. The van der Waals surface area contributed by atoms with Gasteiger partial charge in [-0.25, -0.2) is 0 Å². The molecule has 2 unspecified atom stereocenters. The smallest absolute Gasteiger partial charge is 0.0896 e. The summed E-state index contributed by atoms with van der Waals surface area (Å²) in [5.74, 6) is 0.136. The molecule has 4 heteroatoms. The number of aliphatic hydroxyl groups is 1. The second-order valence-corrected chi connectivity index (χ2v) is 7.70. The maximum atomic E-state index is 10.5. The molecule has 0 bridgehead atoms. The average molecular weight is 271 g/mol. The summed E-state index contributed by atoms with van der Waals surface area (Å²) in [6.45, 7) is 15.8. The Hall–Kier alpha value is -0.160. The van der Waals surface area contributed by atoms with Crippen molar-refractivity contribution in [3.8, 4) is 0 Å². The van der Waals surface area contributed by atoms with E-state index >= 15 is 0 Å². The van der Waals surface area contributed by atoms with Crippen LogP contribution in [0.3, 0.4) is 0 Å². The van der Waals surface area contributed by atoms with Crippen LogP contribution in [0.25, 0.3) is 0 Å². The first kappa shape index (κ1) is 15.2. The average Bonchev–Trinajstić information content (AvgIpc) is 2.35. The van der Waals surface area contributed by atoms with Gasteiger partial charge in [-0.2, -0.15) is 0 Å². The fraction of sp³-hybridized carbons (Fsp3) is 1.00. The van der Waals surface area contributed by atoms with Gasteiger partial charge in [-0.1, -0.05) is 0 Å². The molecule has 2 atom stereocenters. The van der Waals surface area contributed by atoms with Crippen molar-refractivity contribution in [1.29, 1.82) is 0 Å². The third kappa shape index (κ3) is 3.13. The van der Waals surface area contributed by atoms with Crippen molar-refractivity contribution >= 4 is 0 Å². The van der Waals surface area contributed by atoms with Crippen LogP contribution in [0.4, 0.5) is 0 Å². The van der Waals surface area contributed by atoms with Crippen LogP contribution >= 0.6 is 0 Å². The maximum absolute atomic E-state index is 10.5. The highest BCUT2D eigenvalue weighted by Gasteiger charge is 2.53. The highest BCUT2D eigenvalue weighted by molar-refractivity contribution is 5.02. The SMILES string of the molecule is CC1(C)CN(CC2C(O)C(C)(C)OC2(C)C)CCO1. The van der Waals surface area contributed by atoms with E-state index in [1.54, 1.807) is 0 Å². The first-order chi connectivity index (χ1) is 8.54. The Labute approximate surface area is 117 Å². The largest absolute Gasteiger partial charge is 0.390 e. The van der Waals surface area contributed by atoms with E-state index in [0.717, 1.165) is 26.2 Å². The van der Waals surface area contributed by atoms with Gasteiger partial charge in [0.1, 0.15) is 0 Å². The molecule has 2 rings (SSSR count). The second-order valence-electron chi connectivity index (χ2n) is 7.70. The minimum absolute atomic E-state index is 0.0949. The van der Waals surface area contributed by atoms with Crippen LogP contribution < -0.4 is 0 Å². The molecule has 2 aliphatic rings. The number of aliphatic hydroxyl groups excluding tert-OH is 1. The molecule has 4 nitrogen and oxygen atoms in total. The lowest BCUT2D eigenvalue weighted by Gasteiger charge is -2.41. The fourth-order valence-corrected chi connectivity index (χ4v) is 3.55. The van der Waals surface area contributed by atoms with Crippen molar-refractivity contribution < 1.29 is 14.6 Å². The van der Waals surface area contributed by atoms with Crippen LogP contribution in [0.5, 0.6) is 0 Å². The summed E-state index contributed by atoms with van der Waals surface area (Å²) < 4.78 is 11.8. The van der Waals surface area contributed by atoms with E-state index in [1.165, 1.54) is 0 Å². The first-order valence-electron chi connectivity index (χ1n) is 7.28. The molecule has 2 aliphatic heterocycles. The van der Waals surface area contributed by atoms with Crippen LogP contribution in [-0.4, -0.2) is 59.2 Å². The topological polar surface area (TPSA) is 41.9 Å². The van der Waals surface area contributed by atoms with Crippen molar-refractivity contribution in [3.63, 3.8) is 0 Å². The zero-order valence-corrected chi connectivity index (χ0v) is 13.2. The lowest BCUT2D eigenvalue weighted by molar-refractivity contribution is -0.102. The molecular formula is C15H29NO3. The van der Waals surface area contributed by atoms with Gasteiger partial charge >= 0.3 is 0 Å². The third-order valence-corrected chi connectivity index (χ3v) is 4.47. The minimum Gasteiger partial charge on any atom is -0.390 e. The van der Waals surface area contributed by atoms with E-state index in [4.69, 9.17) is 9.47 Å². The van der Waals surface area contributed by atoms with Crippen molar-refractivity contribution in [2.75, 3.05) is 26.2 Å². The van der Waals surface area contributed by atoms with Crippen LogP contribution in [0, 0.1) is 5.92 Å². The number of hydrogen-bond acceptors (Lipinski definition) is 4. The van der Waals surface area contributed by atoms with Gasteiger partial charge in [0.15, 0.2) is 0 Å². The second kappa shape index (κ2) is 4.69. The molecule has 0 spiro atoms. The standard InChI is InChI=1S/C15H29NO3/c1-13(2)10-16(7-8-18-13)9-11-12(17)15(5,6)19-14(11,3)4/h11-12,17H,7-10H2,1-6H3. The van der Waals surface area contributed by atoms with Crippen LogP contribution in [0.15, 0.2) is 0 Å². The van der Waals surface area contributed by atoms with Gasteiger partial charge in [0.2, 0.25) is 0 Å². The van der Waals surface area contributed by atoms with Gasteiger partial charge in [0.25, 0.3) is 0 Å². The summed E-state index contributed by atoms with van der Waals surface area (Å²) in [5, 5.41) is 10.5. The van der Waals surface area contributed by atoms with Crippen LogP contribution in [0.1, 0.15) is 41.5 Å². The molecule has 1 N–H and O–H groups in total. The van der Waals surface area contributed by atoms with Crippen LogP contribution in [0.2, 0.25) is 0 Å². The zero-order chi connectivity index (χ0) is 14.5. The third-order valence-electron chi connectivity index (χ3n) is 4.47. The lowest BCUT2D eigenvalue weighted by Crippen LogP contribution is -2.52. The van der Waals surface area contributed by atoms with E-state index in [0.29, 0.717) is 0 Å². The van der Waals surface area contributed by atoms with E-state index in [1.807, 2.05) is 13.8 Å². The van der Waals surface area contributed by atoms with Gasteiger partial charge < -0.3 is 14.6 Å². The Kier molecular flexibility index (Phi) is 3.76. The normalized spacial score (nSPS) is 37.4. The van der Waals surface area contributed by atoms with Gasteiger partial charge in [-0.05, 0) is 41.5 Å². The Bertz CT molecular complexity index is 338. The predicted octanol–water partition coefficient (Wildman–Crippen LogP) is 1.66. The molecule has 112 valence electrons. The van der Waals surface area contributed by atoms with Crippen molar-refractivity contribution in [1.82, 2.24) is 4.90 Å². The molecule has 2 fully saturated rings. The Balaban J connectivity index is 2.06. The quantitative estimate of drug-likeness (QED) is 0.829. The molecule has 0 aromatic rings. The number of ether oxygens (including phenoxy) is 2. The number of morpholine rings is 1. The molecule has 0 amide bonds. The summed E-state index contributed by atoms with van der Waals surface area (Å²) >= 11 is 0. The monoisotopic (exact) mass is 271 g/mol. The fourth-order valence-electron chi connectivity index (χ4n) is 3.55. The van der Waals surface area contributed by atoms with Gasteiger partial charge in [0.05, 0.1) is 29.5 Å². The van der Waals surface area contributed by atoms with Gasteiger partial charge in [0, 0.05) is 25.6 Å². The van der Waals surface area contributed by atoms with E-state index in [-0.39, 0.29) is 17.1 Å². The summed E-state index contributed by atoms with van der Waals surface area (Å²) in [6.07, 6.45) is -0.423. The molecule has 0 aromatic carbocycles. The summed E-state index contributed by atoms with van der Waals surface area (Å²) in [4.78, 5) is 2.39. The molecule has 0 aromatic heterocycles. The predicted molar refractivity (Wildman–Crippen MR) is 75.2 cm³/mol. The van der Waals surface area contributed by atoms with E-state index < -0.39 is 11.7 Å². The number of rotatable bonds is 2. The van der Waals surface area contributed by atoms with Crippen molar-refractivity contribution in [2.45, 2.75) is 64.4 Å². The summed E-state index contributed by atoms with van der Waals surface area (Å²) in [5.41, 5.74) is -0.844. The van der Waals surface area contributed by atoms with E-state index in [9.17, 15) is 5.11 Å². The Morgan fingerprint density at radius 1 is 1.11 bits per heavy atom. The molecular weight excluding hydrogens is 242 g/mol. The molecule has 0 aliphatic carbocycles. The summed E-state index contributed by atoms with van der Waals surface area (Å²) in [6, 6.07) is 0. The molecule has 19 heavy (non-hydrogen) atoms. The molecule has 0 radical (unpaired) electrons. The molecule has 0 saturated carbocycles. The summed E-state index contributed by atoms with van der Waals surface area (Å²) in [7, 11) is 0. The number of nitrogens with zero attached hydrogens (tertiary/aromatic N) is 1.